The van der Waals surface area contributed by atoms with Crippen LogP contribution < -0.4 is 5.32 Å². The highest BCUT2D eigenvalue weighted by Crippen LogP contribution is 2.23. The zero-order valence-electron chi connectivity index (χ0n) is 11.4. The van der Waals surface area contributed by atoms with Crippen LogP contribution >= 0.6 is 0 Å². The Labute approximate surface area is 113 Å². The van der Waals surface area contributed by atoms with Gasteiger partial charge in [0, 0.05) is 0 Å². The third kappa shape index (κ3) is 3.44. The van der Waals surface area contributed by atoms with Gasteiger partial charge in [0.1, 0.15) is 11.6 Å². The van der Waals surface area contributed by atoms with Gasteiger partial charge >= 0.3 is 0 Å². The smallest absolute Gasteiger partial charge is 0.126 e. The number of rotatable bonds is 6. The summed E-state index contributed by atoms with van der Waals surface area (Å²) in [4.78, 5) is 0. The quantitative estimate of drug-likeness (QED) is 0.850. The summed E-state index contributed by atoms with van der Waals surface area (Å²) in [5.41, 5.74) is 1.82. The maximum Gasteiger partial charge on any atom is 0.126 e. The summed E-state index contributed by atoms with van der Waals surface area (Å²) in [7, 11) is 0. The van der Waals surface area contributed by atoms with E-state index >= 15 is 0 Å². The minimum atomic E-state index is -0.157. The minimum Gasteiger partial charge on any atom is -0.467 e. The monoisotopic (exact) mass is 261 g/mol. The largest absolute Gasteiger partial charge is 0.467 e. The van der Waals surface area contributed by atoms with Gasteiger partial charge in [-0.15, -0.1) is 0 Å². The lowest BCUT2D eigenvalue weighted by atomic mass is 10.0. The van der Waals surface area contributed by atoms with Crippen molar-refractivity contribution < 1.29 is 8.81 Å². The second-order valence-electron chi connectivity index (χ2n) is 4.77. The van der Waals surface area contributed by atoms with Crippen molar-refractivity contribution in [2.24, 2.45) is 0 Å². The van der Waals surface area contributed by atoms with E-state index in [0.717, 1.165) is 24.3 Å². The molecule has 102 valence electrons. The van der Waals surface area contributed by atoms with Gasteiger partial charge in [-0.3, -0.25) is 0 Å². The van der Waals surface area contributed by atoms with Gasteiger partial charge in [0.15, 0.2) is 0 Å². The number of furan rings is 1. The summed E-state index contributed by atoms with van der Waals surface area (Å²) in [6.45, 7) is 5.02. The fourth-order valence-corrected chi connectivity index (χ4v) is 2.20. The Morgan fingerprint density at radius 1 is 1.26 bits per heavy atom. The molecule has 1 unspecified atom stereocenters. The molecule has 3 heteroatoms. The normalized spacial score (nSPS) is 12.6. The predicted octanol–water partition coefficient (Wildman–Crippen LogP) is 4.01. The lowest BCUT2D eigenvalue weighted by molar-refractivity contribution is 0.404. The number of hydrogen-bond donors (Lipinski definition) is 1. The molecule has 0 fully saturated rings. The van der Waals surface area contributed by atoms with Gasteiger partial charge in [-0.1, -0.05) is 25.1 Å². The average Bonchev–Trinajstić information content (AvgIpc) is 2.83. The molecule has 0 spiro atoms. The van der Waals surface area contributed by atoms with Crippen molar-refractivity contribution in [3.63, 3.8) is 0 Å². The Morgan fingerprint density at radius 3 is 2.68 bits per heavy atom. The number of halogens is 1. The molecule has 0 saturated carbocycles. The van der Waals surface area contributed by atoms with Crippen LogP contribution in [-0.4, -0.2) is 6.54 Å². The van der Waals surface area contributed by atoms with E-state index in [1.54, 1.807) is 12.3 Å². The molecule has 19 heavy (non-hydrogen) atoms. The van der Waals surface area contributed by atoms with E-state index in [4.69, 9.17) is 4.42 Å². The topological polar surface area (TPSA) is 25.2 Å². The second kappa shape index (κ2) is 6.53. The highest BCUT2D eigenvalue weighted by atomic mass is 19.1. The van der Waals surface area contributed by atoms with Crippen molar-refractivity contribution in [1.82, 2.24) is 5.32 Å². The van der Waals surface area contributed by atoms with Crippen LogP contribution in [0.2, 0.25) is 0 Å². The van der Waals surface area contributed by atoms with Gasteiger partial charge in [-0.2, -0.15) is 0 Å². The molecule has 0 aliphatic carbocycles. The van der Waals surface area contributed by atoms with Crippen molar-refractivity contribution >= 4 is 0 Å². The third-order valence-electron chi connectivity index (χ3n) is 3.24. The van der Waals surface area contributed by atoms with E-state index in [9.17, 15) is 4.39 Å². The number of hydrogen-bond acceptors (Lipinski definition) is 2. The first-order valence-electron chi connectivity index (χ1n) is 6.73. The molecule has 1 aromatic heterocycles. The first kappa shape index (κ1) is 13.8. The molecule has 1 N–H and O–H groups in total. The second-order valence-corrected chi connectivity index (χ2v) is 4.77. The molecule has 0 radical (unpaired) electrons. The van der Waals surface area contributed by atoms with E-state index < -0.39 is 0 Å². The van der Waals surface area contributed by atoms with Crippen molar-refractivity contribution in [2.45, 2.75) is 32.7 Å². The van der Waals surface area contributed by atoms with Crippen molar-refractivity contribution in [3.8, 4) is 0 Å². The van der Waals surface area contributed by atoms with E-state index in [0.29, 0.717) is 12.0 Å². The Kier molecular flexibility index (Phi) is 4.74. The zero-order chi connectivity index (χ0) is 13.7. The van der Waals surface area contributed by atoms with Crippen LogP contribution in [0.15, 0.2) is 41.0 Å². The van der Waals surface area contributed by atoms with Gasteiger partial charge < -0.3 is 9.73 Å². The van der Waals surface area contributed by atoms with E-state index in [1.165, 1.54) is 6.07 Å². The summed E-state index contributed by atoms with van der Waals surface area (Å²) in [6.07, 6.45) is 3.32. The maximum atomic E-state index is 13.8. The highest BCUT2D eigenvalue weighted by molar-refractivity contribution is 5.24. The van der Waals surface area contributed by atoms with E-state index in [2.05, 4.69) is 12.2 Å². The molecule has 2 rings (SSSR count). The minimum absolute atomic E-state index is 0.0202. The first-order chi connectivity index (χ1) is 9.22. The van der Waals surface area contributed by atoms with Crippen LogP contribution in [0, 0.1) is 12.7 Å². The number of benzene rings is 1. The highest BCUT2D eigenvalue weighted by Gasteiger charge is 2.18. The van der Waals surface area contributed by atoms with Gasteiger partial charge in [-0.25, -0.2) is 4.39 Å². The lowest BCUT2D eigenvalue weighted by Crippen LogP contribution is -2.24. The Bertz CT molecular complexity index is 521. The molecule has 1 heterocycles. The molecule has 1 aromatic carbocycles. The molecule has 0 bridgehead atoms. The van der Waals surface area contributed by atoms with Crippen LogP contribution in [0.3, 0.4) is 0 Å². The Morgan fingerprint density at radius 2 is 2.05 bits per heavy atom. The van der Waals surface area contributed by atoms with Crippen LogP contribution in [0.25, 0.3) is 0 Å². The summed E-state index contributed by atoms with van der Waals surface area (Å²) in [6, 6.07) is 8.87. The van der Waals surface area contributed by atoms with Crippen LogP contribution in [0.1, 0.15) is 36.3 Å². The average molecular weight is 261 g/mol. The van der Waals surface area contributed by atoms with Crippen molar-refractivity contribution in [2.75, 3.05) is 6.54 Å². The predicted molar refractivity (Wildman–Crippen MR) is 74.6 cm³/mol. The molecule has 0 saturated heterocycles. The zero-order valence-corrected chi connectivity index (χ0v) is 11.4. The van der Waals surface area contributed by atoms with Crippen LogP contribution in [0.4, 0.5) is 4.39 Å². The molecular weight excluding hydrogens is 241 g/mol. The molecule has 0 aliphatic heterocycles. The van der Waals surface area contributed by atoms with Gasteiger partial charge in [-0.05, 0) is 49.6 Å². The molecule has 0 aliphatic rings. The fraction of sp³-hybridized carbons (Fsp3) is 0.375. The molecular formula is C16H20FNO. The molecule has 0 amide bonds. The van der Waals surface area contributed by atoms with Crippen molar-refractivity contribution in [3.05, 3.63) is 59.3 Å². The number of nitrogens with one attached hydrogen (secondary N) is 1. The fourth-order valence-electron chi connectivity index (χ4n) is 2.20. The van der Waals surface area contributed by atoms with Crippen LogP contribution in [-0.2, 0) is 6.42 Å². The Balaban J connectivity index is 2.19. The van der Waals surface area contributed by atoms with Crippen molar-refractivity contribution in [1.29, 1.82) is 0 Å². The first-order valence-corrected chi connectivity index (χ1v) is 6.73. The lowest BCUT2D eigenvalue weighted by Gasteiger charge is -2.17. The summed E-state index contributed by atoms with van der Waals surface area (Å²) < 4.78 is 19.3. The van der Waals surface area contributed by atoms with Gasteiger partial charge in [0.25, 0.3) is 0 Å². The summed E-state index contributed by atoms with van der Waals surface area (Å²) in [5, 5.41) is 3.43. The number of aryl methyl sites for hydroxylation is 1. The summed E-state index contributed by atoms with van der Waals surface area (Å²) >= 11 is 0. The maximum absolute atomic E-state index is 13.8. The van der Waals surface area contributed by atoms with Gasteiger partial charge in [0.2, 0.25) is 0 Å². The van der Waals surface area contributed by atoms with E-state index in [1.807, 2.05) is 25.1 Å². The molecule has 2 aromatic rings. The SMILES string of the molecule is CCCNC(Cc1ccccc1F)c1occc1C. The third-order valence-corrected chi connectivity index (χ3v) is 3.24. The summed E-state index contributed by atoms with van der Waals surface area (Å²) in [5.74, 6) is 0.742. The van der Waals surface area contributed by atoms with Crippen LogP contribution in [0.5, 0.6) is 0 Å². The van der Waals surface area contributed by atoms with Gasteiger partial charge in [0.05, 0.1) is 12.3 Å². The standard InChI is InChI=1S/C16H20FNO/c1-3-9-18-15(16-12(2)8-10-19-16)11-13-6-4-5-7-14(13)17/h4-8,10,15,18H,3,9,11H2,1-2H3. The molecule has 2 nitrogen and oxygen atoms in total. The van der Waals surface area contributed by atoms with E-state index in [-0.39, 0.29) is 11.9 Å². The molecule has 1 atom stereocenters. The Hall–Kier alpha value is -1.61.